The van der Waals surface area contributed by atoms with E-state index in [1.807, 2.05) is 12.1 Å². The fourth-order valence-electron chi connectivity index (χ4n) is 3.35. The maximum atomic E-state index is 14.6. The van der Waals surface area contributed by atoms with Crippen LogP contribution in [-0.4, -0.2) is 42.4 Å². The first-order valence-corrected chi connectivity index (χ1v) is 10.6. The molecule has 0 aliphatic heterocycles. The molecule has 0 aliphatic carbocycles. The first kappa shape index (κ1) is 23.9. The number of rotatable bonds is 7. The number of carbonyl (C=O) groups excluding carboxylic acids is 2. The van der Waals surface area contributed by atoms with E-state index in [2.05, 4.69) is 15.5 Å². The molecule has 0 bridgehead atoms. The number of ether oxygens (including phenoxy) is 1. The number of hydrogen-bond donors (Lipinski definition) is 2. The van der Waals surface area contributed by atoms with Crippen molar-refractivity contribution in [3.05, 3.63) is 69.9 Å². The first-order chi connectivity index (χ1) is 15.6. The summed E-state index contributed by atoms with van der Waals surface area (Å²) in [6, 6.07) is 11.0. The van der Waals surface area contributed by atoms with Gasteiger partial charge < -0.3 is 10.1 Å². The average molecular weight is 455 g/mol. The summed E-state index contributed by atoms with van der Waals surface area (Å²) in [5.74, 6) is -0.998. The standard InChI is InChI=1S/C24H27FN4O4/c1-5-33-22(31)24(2,3)14-26-23(32)29(4)20-13-15(10-11-18(20)25)12-19-16-8-6-7-9-17(16)21(30)28-27-19/h6-11,13H,5,12,14H2,1-4H3,(H,26,32)(H,28,30). The summed E-state index contributed by atoms with van der Waals surface area (Å²) in [5, 5.41) is 10.5. The van der Waals surface area contributed by atoms with Crippen LogP contribution in [0.1, 0.15) is 32.0 Å². The van der Waals surface area contributed by atoms with E-state index in [1.165, 1.54) is 13.1 Å². The molecule has 1 aromatic heterocycles. The normalized spacial score (nSPS) is 11.3. The van der Waals surface area contributed by atoms with E-state index in [4.69, 9.17) is 4.74 Å². The second kappa shape index (κ2) is 9.81. The minimum Gasteiger partial charge on any atom is -0.466 e. The van der Waals surface area contributed by atoms with Crippen molar-refractivity contribution in [1.29, 1.82) is 0 Å². The molecule has 2 N–H and O–H groups in total. The Labute approximate surface area is 190 Å². The number of aromatic nitrogens is 2. The summed E-state index contributed by atoms with van der Waals surface area (Å²) < 4.78 is 19.6. The Hall–Kier alpha value is -3.75. The van der Waals surface area contributed by atoms with Gasteiger partial charge in [-0.1, -0.05) is 24.3 Å². The van der Waals surface area contributed by atoms with Crippen LogP contribution < -0.4 is 15.8 Å². The van der Waals surface area contributed by atoms with Gasteiger partial charge in [0.15, 0.2) is 0 Å². The maximum absolute atomic E-state index is 14.6. The molecular formula is C24H27FN4O4. The van der Waals surface area contributed by atoms with E-state index in [0.29, 0.717) is 28.5 Å². The van der Waals surface area contributed by atoms with Crippen LogP contribution in [0.2, 0.25) is 0 Å². The highest BCUT2D eigenvalue weighted by molar-refractivity contribution is 5.92. The quantitative estimate of drug-likeness (QED) is 0.533. The molecule has 0 atom stereocenters. The highest BCUT2D eigenvalue weighted by Crippen LogP contribution is 2.24. The van der Waals surface area contributed by atoms with Gasteiger partial charge in [0.1, 0.15) is 5.82 Å². The van der Waals surface area contributed by atoms with Gasteiger partial charge in [-0.3, -0.25) is 14.5 Å². The van der Waals surface area contributed by atoms with Gasteiger partial charge in [0.25, 0.3) is 5.56 Å². The lowest BCUT2D eigenvalue weighted by Gasteiger charge is -2.25. The third kappa shape index (κ3) is 5.36. The molecule has 3 aromatic rings. The summed E-state index contributed by atoms with van der Waals surface area (Å²) in [4.78, 5) is 37.8. The van der Waals surface area contributed by atoms with E-state index in [0.717, 1.165) is 4.90 Å². The molecule has 8 nitrogen and oxygen atoms in total. The number of hydrogen-bond acceptors (Lipinski definition) is 5. The summed E-state index contributed by atoms with van der Waals surface area (Å²) >= 11 is 0. The Balaban J connectivity index is 1.79. The molecule has 2 aromatic carbocycles. The number of esters is 1. The van der Waals surface area contributed by atoms with Crippen molar-refractivity contribution in [2.24, 2.45) is 5.41 Å². The van der Waals surface area contributed by atoms with E-state index in [1.54, 1.807) is 45.0 Å². The Bertz CT molecular complexity index is 1240. The topological polar surface area (TPSA) is 104 Å². The fraction of sp³-hybridized carbons (Fsp3) is 0.333. The van der Waals surface area contributed by atoms with E-state index in [-0.39, 0.29) is 24.4 Å². The third-order valence-electron chi connectivity index (χ3n) is 5.33. The summed E-state index contributed by atoms with van der Waals surface area (Å²) in [6.07, 6.45) is 0.329. The first-order valence-electron chi connectivity index (χ1n) is 10.6. The molecule has 33 heavy (non-hydrogen) atoms. The number of anilines is 1. The SMILES string of the molecule is CCOC(=O)C(C)(C)CNC(=O)N(C)c1cc(Cc2n[nH]c(=O)c3ccccc23)ccc1F. The summed E-state index contributed by atoms with van der Waals surface area (Å²) in [7, 11) is 1.45. The van der Waals surface area contributed by atoms with Gasteiger partial charge in [0, 0.05) is 25.4 Å². The lowest BCUT2D eigenvalue weighted by Crippen LogP contribution is -2.45. The van der Waals surface area contributed by atoms with Crippen LogP contribution >= 0.6 is 0 Å². The Kier molecular flexibility index (Phi) is 7.10. The molecule has 0 spiro atoms. The Morgan fingerprint density at radius 3 is 2.58 bits per heavy atom. The zero-order valence-electron chi connectivity index (χ0n) is 19.1. The van der Waals surface area contributed by atoms with E-state index in [9.17, 15) is 18.8 Å². The monoisotopic (exact) mass is 454 g/mol. The third-order valence-corrected chi connectivity index (χ3v) is 5.33. The largest absolute Gasteiger partial charge is 0.466 e. The number of fused-ring (bicyclic) bond motifs is 1. The van der Waals surface area contributed by atoms with Crippen LogP contribution in [0.4, 0.5) is 14.9 Å². The van der Waals surface area contributed by atoms with Crippen LogP contribution in [0.15, 0.2) is 47.3 Å². The number of H-pyrrole nitrogens is 1. The van der Waals surface area contributed by atoms with Crippen molar-refractivity contribution < 1.29 is 18.7 Å². The van der Waals surface area contributed by atoms with Crippen molar-refractivity contribution in [2.45, 2.75) is 27.2 Å². The molecule has 1 heterocycles. The van der Waals surface area contributed by atoms with Crippen LogP contribution in [0.3, 0.4) is 0 Å². The molecule has 0 fully saturated rings. The van der Waals surface area contributed by atoms with Gasteiger partial charge in [-0.2, -0.15) is 5.10 Å². The molecule has 0 radical (unpaired) electrons. The summed E-state index contributed by atoms with van der Waals surface area (Å²) in [5.41, 5.74) is 0.210. The zero-order valence-corrected chi connectivity index (χ0v) is 19.1. The molecule has 0 aliphatic rings. The lowest BCUT2D eigenvalue weighted by molar-refractivity contribution is -0.152. The minimum absolute atomic E-state index is 0.0314. The van der Waals surface area contributed by atoms with Crippen molar-refractivity contribution in [1.82, 2.24) is 15.5 Å². The highest BCUT2D eigenvalue weighted by Gasteiger charge is 2.30. The molecule has 0 saturated heterocycles. The zero-order chi connectivity index (χ0) is 24.2. The molecule has 3 rings (SSSR count). The van der Waals surface area contributed by atoms with Gasteiger partial charge in [0.05, 0.1) is 28.8 Å². The number of amides is 2. The van der Waals surface area contributed by atoms with Gasteiger partial charge >= 0.3 is 12.0 Å². The van der Waals surface area contributed by atoms with Gasteiger partial charge in [-0.05, 0) is 44.5 Å². The predicted octanol–water partition coefficient (Wildman–Crippen LogP) is 3.39. The van der Waals surface area contributed by atoms with Crippen molar-refractivity contribution in [3.63, 3.8) is 0 Å². The van der Waals surface area contributed by atoms with Crippen molar-refractivity contribution in [3.8, 4) is 0 Å². The molecule has 0 unspecified atom stereocenters. The van der Waals surface area contributed by atoms with Crippen LogP contribution in [0.5, 0.6) is 0 Å². The maximum Gasteiger partial charge on any atom is 0.321 e. The van der Waals surface area contributed by atoms with Crippen LogP contribution in [-0.2, 0) is 16.0 Å². The van der Waals surface area contributed by atoms with Crippen LogP contribution in [0, 0.1) is 11.2 Å². The lowest BCUT2D eigenvalue weighted by atomic mass is 9.94. The van der Waals surface area contributed by atoms with Gasteiger partial charge in [-0.15, -0.1) is 0 Å². The van der Waals surface area contributed by atoms with E-state index >= 15 is 0 Å². The molecule has 2 amide bonds. The molecular weight excluding hydrogens is 427 g/mol. The fourth-order valence-corrected chi connectivity index (χ4v) is 3.35. The smallest absolute Gasteiger partial charge is 0.321 e. The van der Waals surface area contributed by atoms with Crippen molar-refractivity contribution >= 4 is 28.5 Å². The van der Waals surface area contributed by atoms with Gasteiger partial charge in [-0.25, -0.2) is 14.3 Å². The predicted molar refractivity (Wildman–Crippen MR) is 124 cm³/mol. The number of halogens is 1. The Morgan fingerprint density at radius 2 is 1.88 bits per heavy atom. The number of urea groups is 1. The number of aromatic amines is 1. The molecule has 174 valence electrons. The highest BCUT2D eigenvalue weighted by atomic mass is 19.1. The second-order valence-corrected chi connectivity index (χ2v) is 8.33. The molecule has 0 saturated carbocycles. The number of benzene rings is 2. The van der Waals surface area contributed by atoms with Crippen molar-refractivity contribution in [2.75, 3.05) is 25.1 Å². The van der Waals surface area contributed by atoms with Gasteiger partial charge in [0.2, 0.25) is 0 Å². The number of nitrogens with one attached hydrogen (secondary N) is 2. The minimum atomic E-state index is -0.927. The second-order valence-electron chi connectivity index (χ2n) is 8.33. The van der Waals surface area contributed by atoms with E-state index < -0.39 is 23.2 Å². The number of nitrogens with zero attached hydrogens (tertiary/aromatic N) is 2. The molecule has 9 heteroatoms. The Morgan fingerprint density at radius 1 is 1.18 bits per heavy atom. The van der Waals surface area contributed by atoms with Crippen LogP contribution in [0.25, 0.3) is 10.8 Å². The average Bonchev–Trinajstić information content (AvgIpc) is 2.80. The number of carbonyl (C=O) groups is 2. The summed E-state index contributed by atoms with van der Waals surface area (Å²) in [6.45, 7) is 5.31.